The van der Waals surface area contributed by atoms with E-state index in [-0.39, 0.29) is 23.4 Å². The Labute approximate surface area is 117 Å². The van der Waals surface area contributed by atoms with Crippen molar-refractivity contribution in [1.82, 2.24) is 10.5 Å². The number of amides is 1. The summed E-state index contributed by atoms with van der Waals surface area (Å²) in [6.07, 6.45) is 2.39. The monoisotopic (exact) mass is 277 g/mol. The average molecular weight is 277 g/mol. The summed E-state index contributed by atoms with van der Waals surface area (Å²) in [7, 11) is 0. The van der Waals surface area contributed by atoms with Crippen LogP contribution in [0.1, 0.15) is 37.6 Å². The normalized spacial score (nSPS) is 12.6. The van der Waals surface area contributed by atoms with Gasteiger partial charge in [-0.25, -0.2) is 0 Å². The van der Waals surface area contributed by atoms with E-state index in [2.05, 4.69) is 24.3 Å². The summed E-state index contributed by atoms with van der Waals surface area (Å²) in [5.74, 6) is 0.635. The molecule has 2 rings (SSSR count). The van der Waals surface area contributed by atoms with Crippen LogP contribution in [0.25, 0.3) is 11.5 Å². The van der Waals surface area contributed by atoms with Gasteiger partial charge in [0, 0.05) is 6.04 Å². The van der Waals surface area contributed by atoms with Gasteiger partial charge in [-0.3, -0.25) is 4.79 Å². The Balaban J connectivity index is 2.20. The van der Waals surface area contributed by atoms with E-state index in [9.17, 15) is 4.79 Å². The van der Waals surface area contributed by atoms with Gasteiger partial charge in [-0.1, -0.05) is 19.0 Å². The molecule has 2 aromatic rings. The summed E-state index contributed by atoms with van der Waals surface area (Å²) >= 11 is 0. The Morgan fingerprint density at radius 2 is 2.20 bits per heavy atom. The summed E-state index contributed by atoms with van der Waals surface area (Å²) in [5, 5.41) is 6.69. The van der Waals surface area contributed by atoms with E-state index < -0.39 is 0 Å². The van der Waals surface area contributed by atoms with Gasteiger partial charge < -0.3 is 20.0 Å². The van der Waals surface area contributed by atoms with Crippen molar-refractivity contribution in [2.24, 2.45) is 5.92 Å². The molecule has 20 heavy (non-hydrogen) atoms. The van der Waals surface area contributed by atoms with Crippen LogP contribution in [0.2, 0.25) is 0 Å². The molecule has 1 unspecified atom stereocenters. The molecular formula is C14H19N3O3. The van der Waals surface area contributed by atoms with Crippen LogP contribution in [0.4, 0.5) is 5.88 Å². The third-order valence-electron chi connectivity index (χ3n) is 2.90. The molecule has 0 aliphatic heterocycles. The van der Waals surface area contributed by atoms with Crippen LogP contribution in [-0.2, 0) is 0 Å². The van der Waals surface area contributed by atoms with E-state index in [4.69, 9.17) is 14.7 Å². The maximum Gasteiger partial charge on any atom is 0.259 e. The molecular weight excluding hydrogens is 258 g/mol. The fraction of sp³-hybridized carbons (Fsp3) is 0.429. The van der Waals surface area contributed by atoms with Gasteiger partial charge in [0.15, 0.2) is 11.5 Å². The molecule has 0 saturated carbocycles. The molecule has 108 valence electrons. The smallest absolute Gasteiger partial charge is 0.259 e. The molecule has 0 radical (unpaired) electrons. The van der Waals surface area contributed by atoms with Crippen molar-refractivity contribution in [2.45, 2.75) is 33.2 Å². The number of hydrogen-bond donors (Lipinski definition) is 2. The predicted octanol–water partition coefficient (Wildman–Crippen LogP) is 2.68. The van der Waals surface area contributed by atoms with Crippen LogP contribution in [0.5, 0.6) is 0 Å². The summed E-state index contributed by atoms with van der Waals surface area (Å²) in [4.78, 5) is 12.3. The third kappa shape index (κ3) is 3.01. The highest BCUT2D eigenvalue weighted by molar-refractivity contribution is 6.03. The zero-order valence-corrected chi connectivity index (χ0v) is 11.8. The van der Waals surface area contributed by atoms with Gasteiger partial charge in [-0.15, -0.1) is 0 Å². The summed E-state index contributed by atoms with van der Waals surface area (Å²) in [6.45, 7) is 6.16. The SMILES string of the molecule is CC(C)CC(C)NC(=O)c1c(-c2ccco2)noc1N. The number of carbonyl (C=O) groups is 1. The van der Waals surface area contributed by atoms with E-state index >= 15 is 0 Å². The number of carbonyl (C=O) groups excluding carboxylic acids is 1. The van der Waals surface area contributed by atoms with Crippen LogP contribution >= 0.6 is 0 Å². The van der Waals surface area contributed by atoms with Crippen molar-refractivity contribution < 1.29 is 13.7 Å². The quantitative estimate of drug-likeness (QED) is 0.876. The molecule has 0 spiro atoms. The molecule has 1 amide bonds. The second-order valence-electron chi connectivity index (χ2n) is 5.25. The second kappa shape index (κ2) is 5.81. The third-order valence-corrected chi connectivity index (χ3v) is 2.90. The minimum Gasteiger partial charge on any atom is -0.463 e. The number of nitrogen functional groups attached to an aromatic ring is 1. The summed E-state index contributed by atoms with van der Waals surface area (Å²) in [5.41, 5.74) is 6.23. The standard InChI is InChI=1S/C14H19N3O3/c1-8(2)7-9(3)16-14(18)11-12(17-20-13(11)15)10-5-4-6-19-10/h4-6,8-9H,7,15H2,1-3H3,(H,16,18). The van der Waals surface area contributed by atoms with Crippen LogP contribution in [0.15, 0.2) is 27.3 Å². The Morgan fingerprint density at radius 1 is 1.45 bits per heavy atom. The van der Waals surface area contributed by atoms with E-state index in [0.29, 0.717) is 17.4 Å². The molecule has 0 fully saturated rings. The highest BCUT2D eigenvalue weighted by Crippen LogP contribution is 2.27. The zero-order valence-electron chi connectivity index (χ0n) is 11.8. The average Bonchev–Trinajstić information content (AvgIpc) is 2.95. The van der Waals surface area contributed by atoms with Gasteiger partial charge in [0.25, 0.3) is 5.91 Å². The van der Waals surface area contributed by atoms with Gasteiger partial charge in [-0.2, -0.15) is 0 Å². The van der Waals surface area contributed by atoms with Gasteiger partial charge >= 0.3 is 0 Å². The first-order valence-electron chi connectivity index (χ1n) is 6.59. The highest BCUT2D eigenvalue weighted by atomic mass is 16.5. The lowest BCUT2D eigenvalue weighted by molar-refractivity contribution is 0.0937. The van der Waals surface area contributed by atoms with Crippen molar-refractivity contribution in [3.05, 3.63) is 24.0 Å². The Hall–Kier alpha value is -2.24. The minimum absolute atomic E-state index is 0.00866. The number of aromatic nitrogens is 1. The molecule has 2 heterocycles. The number of nitrogens with one attached hydrogen (secondary N) is 1. The zero-order chi connectivity index (χ0) is 14.7. The lowest BCUT2D eigenvalue weighted by Gasteiger charge is -2.15. The van der Waals surface area contributed by atoms with Crippen LogP contribution in [-0.4, -0.2) is 17.1 Å². The lowest BCUT2D eigenvalue weighted by atomic mass is 10.0. The van der Waals surface area contributed by atoms with Crippen molar-refractivity contribution in [3.8, 4) is 11.5 Å². The van der Waals surface area contributed by atoms with Gasteiger partial charge in [0.1, 0.15) is 5.56 Å². The summed E-state index contributed by atoms with van der Waals surface area (Å²) in [6, 6.07) is 3.45. The van der Waals surface area contributed by atoms with Crippen LogP contribution in [0.3, 0.4) is 0 Å². The Bertz CT molecular complexity index is 573. The van der Waals surface area contributed by atoms with Gasteiger partial charge in [0.05, 0.1) is 6.26 Å². The highest BCUT2D eigenvalue weighted by Gasteiger charge is 2.25. The van der Waals surface area contributed by atoms with Crippen molar-refractivity contribution in [1.29, 1.82) is 0 Å². The van der Waals surface area contributed by atoms with E-state index in [1.165, 1.54) is 6.26 Å². The Kier molecular flexibility index (Phi) is 4.12. The molecule has 6 heteroatoms. The fourth-order valence-electron chi connectivity index (χ4n) is 2.17. The summed E-state index contributed by atoms with van der Waals surface area (Å²) < 4.78 is 10.1. The molecule has 0 aromatic carbocycles. The second-order valence-corrected chi connectivity index (χ2v) is 5.25. The van der Waals surface area contributed by atoms with Crippen molar-refractivity contribution >= 4 is 11.8 Å². The van der Waals surface area contributed by atoms with E-state index in [1.54, 1.807) is 12.1 Å². The van der Waals surface area contributed by atoms with Crippen molar-refractivity contribution in [3.63, 3.8) is 0 Å². The number of nitrogens with zero attached hydrogens (tertiary/aromatic N) is 1. The first-order valence-corrected chi connectivity index (χ1v) is 6.59. The van der Waals surface area contributed by atoms with E-state index in [1.807, 2.05) is 6.92 Å². The Morgan fingerprint density at radius 3 is 2.80 bits per heavy atom. The van der Waals surface area contributed by atoms with Gasteiger partial charge in [-0.05, 0) is 31.4 Å². The number of furan rings is 1. The molecule has 0 bridgehead atoms. The largest absolute Gasteiger partial charge is 0.463 e. The number of rotatable bonds is 5. The first-order chi connectivity index (χ1) is 9.49. The van der Waals surface area contributed by atoms with E-state index in [0.717, 1.165) is 6.42 Å². The lowest BCUT2D eigenvalue weighted by Crippen LogP contribution is -2.33. The molecule has 1 atom stereocenters. The van der Waals surface area contributed by atoms with Crippen molar-refractivity contribution in [2.75, 3.05) is 5.73 Å². The van der Waals surface area contributed by atoms with Crippen LogP contribution < -0.4 is 11.1 Å². The molecule has 6 nitrogen and oxygen atoms in total. The fourth-order valence-corrected chi connectivity index (χ4v) is 2.17. The number of anilines is 1. The first kappa shape index (κ1) is 14.2. The topological polar surface area (TPSA) is 94.3 Å². The molecule has 0 aliphatic carbocycles. The van der Waals surface area contributed by atoms with Gasteiger partial charge in [0.2, 0.25) is 5.88 Å². The number of hydrogen-bond acceptors (Lipinski definition) is 5. The maximum absolute atomic E-state index is 12.3. The molecule has 0 aliphatic rings. The molecule has 0 saturated heterocycles. The maximum atomic E-state index is 12.3. The molecule has 2 aromatic heterocycles. The predicted molar refractivity (Wildman–Crippen MR) is 75.0 cm³/mol. The van der Waals surface area contributed by atoms with Crippen LogP contribution in [0, 0.1) is 5.92 Å². The molecule has 3 N–H and O–H groups in total. The number of nitrogens with two attached hydrogens (primary N) is 1. The minimum atomic E-state index is -0.302.